The average Bonchev–Trinajstić information content (AvgIpc) is 2.39. The second-order valence-corrected chi connectivity index (χ2v) is 6.12. The summed E-state index contributed by atoms with van der Waals surface area (Å²) in [6.07, 6.45) is 1.04. The quantitative estimate of drug-likeness (QED) is 0.876. The van der Waals surface area contributed by atoms with E-state index in [2.05, 4.69) is 56.1 Å². The summed E-state index contributed by atoms with van der Waals surface area (Å²) in [6, 6.07) is 6.70. The van der Waals surface area contributed by atoms with Crippen molar-refractivity contribution in [3.63, 3.8) is 0 Å². The molecule has 1 aliphatic heterocycles. The van der Waals surface area contributed by atoms with Gasteiger partial charge in [0.15, 0.2) is 0 Å². The molecule has 19 heavy (non-hydrogen) atoms. The topological polar surface area (TPSA) is 35.5 Å². The highest BCUT2D eigenvalue weighted by Crippen LogP contribution is 2.33. The molecule has 1 unspecified atom stereocenters. The van der Waals surface area contributed by atoms with E-state index in [4.69, 9.17) is 0 Å². The maximum absolute atomic E-state index is 9.43. The molecule has 1 heterocycles. The zero-order valence-electron chi connectivity index (χ0n) is 12.5. The minimum absolute atomic E-state index is 0.0711. The molecule has 1 aromatic carbocycles. The molecule has 1 aromatic rings. The molecule has 2 rings (SSSR count). The molecule has 0 spiro atoms. The van der Waals surface area contributed by atoms with Crippen LogP contribution in [0, 0.1) is 6.92 Å². The number of rotatable bonds is 3. The first-order valence-corrected chi connectivity index (χ1v) is 7.20. The van der Waals surface area contributed by atoms with Crippen molar-refractivity contribution in [1.29, 1.82) is 0 Å². The van der Waals surface area contributed by atoms with Crippen LogP contribution in [0.2, 0.25) is 0 Å². The lowest BCUT2D eigenvalue weighted by molar-refractivity contribution is 0.209. The van der Waals surface area contributed by atoms with Gasteiger partial charge in [0, 0.05) is 30.4 Å². The molecule has 1 fully saturated rings. The van der Waals surface area contributed by atoms with Gasteiger partial charge in [0.25, 0.3) is 0 Å². The Labute approximate surface area is 116 Å². The van der Waals surface area contributed by atoms with Gasteiger partial charge in [-0.15, -0.1) is 0 Å². The third kappa shape index (κ3) is 2.77. The summed E-state index contributed by atoms with van der Waals surface area (Å²) >= 11 is 0. The van der Waals surface area contributed by atoms with Gasteiger partial charge in [0.2, 0.25) is 0 Å². The molecule has 3 nitrogen and oxygen atoms in total. The summed E-state index contributed by atoms with van der Waals surface area (Å²) in [5, 5.41) is 12.9. The number of aryl methyl sites for hydroxylation is 2. The fourth-order valence-electron chi connectivity index (χ4n) is 2.93. The number of anilines is 1. The van der Waals surface area contributed by atoms with Crippen LogP contribution >= 0.6 is 0 Å². The summed E-state index contributed by atoms with van der Waals surface area (Å²) in [5.41, 5.74) is 4.15. The van der Waals surface area contributed by atoms with Crippen LogP contribution in [0.5, 0.6) is 0 Å². The number of hydrogen-bond donors (Lipinski definition) is 2. The Bertz CT molecular complexity index is 442. The van der Waals surface area contributed by atoms with E-state index in [9.17, 15) is 5.11 Å². The molecule has 2 N–H and O–H groups in total. The van der Waals surface area contributed by atoms with Gasteiger partial charge in [-0.25, -0.2) is 0 Å². The van der Waals surface area contributed by atoms with Crippen molar-refractivity contribution in [2.75, 3.05) is 24.6 Å². The standard InChI is InChI=1S/C16H26N2O/c1-5-13-8-6-7-12(2)15(13)18-9-14(10-19)17-11-16(18,3)4/h6-8,14,17,19H,5,9-11H2,1-4H3. The van der Waals surface area contributed by atoms with Crippen molar-refractivity contribution in [2.24, 2.45) is 0 Å². The molecule has 0 radical (unpaired) electrons. The molecule has 0 saturated carbocycles. The van der Waals surface area contributed by atoms with E-state index >= 15 is 0 Å². The fraction of sp³-hybridized carbons (Fsp3) is 0.625. The van der Waals surface area contributed by atoms with Crippen molar-refractivity contribution in [2.45, 2.75) is 45.7 Å². The molecule has 1 aliphatic rings. The highest BCUT2D eigenvalue weighted by molar-refractivity contribution is 5.61. The summed E-state index contributed by atoms with van der Waals surface area (Å²) < 4.78 is 0. The van der Waals surface area contributed by atoms with Crippen LogP contribution in [0.4, 0.5) is 5.69 Å². The Morgan fingerprint density at radius 2 is 2.16 bits per heavy atom. The van der Waals surface area contributed by atoms with Gasteiger partial charge < -0.3 is 15.3 Å². The first-order chi connectivity index (χ1) is 8.99. The largest absolute Gasteiger partial charge is 0.395 e. The molecule has 0 bridgehead atoms. The van der Waals surface area contributed by atoms with Crippen LogP contribution in [0.15, 0.2) is 18.2 Å². The lowest BCUT2D eigenvalue weighted by Gasteiger charge is -2.48. The summed E-state index contributed by atoms with van der Waals surface area (Å²) in [5.74, 6) is 0. The molecule has 3 heteroatoms. The zero-order valence-corrected chi connectivity index (χ0v) is 12.5. The van der Waals surface area contributed by atoms with Gasteiger partial charge in [-0.05, 0) is 38.3 Å². The second-order valence-electron chi connectivity index (χ2n) is 6.12. The molecular weight excluding hydrogens is 236 g/mol. The minimum atomic E-state index is 0.0711. The van der Waals surface area contributed by atoms with E-state index in [1.165, 1.54) is 16.8 Å². The highest BCUT2D eigenvalue weighted by atomic mass is 16.3. The maximum Gasteiger partial charge on any atom is 0.0601 e. The van der Waals surface area contributed by atoms with Crippen molar-refractivity contribution >= 4 is 5.69 Å². The molecule has 1 atom stereocenters. The van der Waals surface area contributed by atoms with Gasteiger partial charge in [-0.2, -0.15) is 0 Å². The molecule has 0 aromatic heterocycles. The Morgan fingerprint density at radius 3 is 2.79 bits per heavy atom. The first kappa shape index (κ1) is 14.4. The normalized spacial score (nSPS) is 22.6. The van der Waals surface area contributed by atoms with Crippen molar-refractivity contribution in [3.8, 4) is 0 Å². The Balaban J connectivity index is 2.42. The Hall–Kier alpha value is -1.06. The number of nitrogens with one attached hydrogen (secondary N) is 1. The number of hydrogen-bond acceptors (Lipinski definition) is 3. The Kier molecular flexibility index (Phi) is 4.16. The average molecular weight is 262 g/mol. The first-order valence-electron chi connectivity index (χ1n) is 7.20. The van der Waals surface area contributed by atoms with Crippen molar-refractivity contribution < 1.29 is 5.11 Å². The summed E-state index contributed by atoms with van der Waals surface area (Å²) in [7, 11) is 0. The van der Waals surface area contributed by atoms with Crippen molar-refractivity contribution in [3.05, 3.63) is 29.3 Å². The molecule has 1 saturated heterocycles. The van der Waals surface area contributed by atoms with Crippen molar-refractivity contribution in [1.82, 2.24) is 5.32 Å². The predicted molar refractivity (Wildman–Crippen MR) is 80.9 cm³/mol. The van der Waals surface area contributed by atoms with E-state index in [1.807, 2.05) is 0 Å². The molecule has 0 aliphatic carbocycles. The summed E-state index contributed by atoms with van der Waals surface area (Å²) in [4.78, 5) is 2.47. The van der Waals surface area contributed by atoms with Gasteiger partial charge in [-0.1, -0.05) is 25.1 Å². The number of aliphatic hydroxyl groups is 1. The lowest BCUT2D eigenvalue weighted by Crippen LogP contribution is -2.63. The molecule has 106 valence electrons. The number of nitrogens with zero attached hydrogens (tertiary/aromatic N) is 1. The van der Waals surface area contributed by atoms with Crippen LogP contribution in [0.25, 0.3) is 0 Å². The van der Waals surface area contributed by atoms with E-state index in [1.54, 1.807) is 0 Å². The molecular formula is C16H26N2O. The van der Waals surface area contributed by atoms with Crippen LogP contribution < -0.4 is 10.2 Å². The number of aliphatic hydroxyl groups excluding tert-OH is 1. The second kappa shape index (κ2) is 5.51. The van der Waals surface area contributed by atoms with Gasteiger partial charge in [-0.3, -0.25) is 0 Å². The zero-order chi connectivity index (χ0) is 14.0. The van der Waals surface area contributed by atoms with Crippen LogP contribution in [-0.4, -0.2) is 36.4 Å². The fourth-order valence-corrected chi connectivity index (χ4v) is 2.93. The molecule has 0 amide bonds. The smallest absolute Gasteiger partial charge is 0.0601 e. The van der Waals surface area contributed by atoms with Crippen LogP contribution in [0.3, 0.4) is 0 Å². The predicted octanol–water partition coefficient (Wildman–Crippen LogP) is 2.11. The number of para-hydroxylation sites is 1. The van der Waals surface area contributed by atoms with Gasteiger partial charge in [0.05, 0.1) is 6.61 Å². The highest BCUT2D eigenvalue weighted by Gasteiger charge is 2.35. The third-order valence-electron chi connectivity index (χ3n) is 4.15. The number of benzene rings is 1. The maximum atomic E-state index is 9.43. The van der Waals surface area contributed by atoms with Gasteiger partial charge in [0.1, 0.15) is 0 Å². The minimum Gasteiger partial charge on any atom is -0.395 e. The van der Waals surface area contributed by atoms with Crippen LogP contribution in [0.1, 0.15) is 31.9 Å². The lowest BCUT2D eigenvalue weighted by atomic mass is 9.93. The third-order valence-corrected chi connectivity index (χ3v) is 4.15. The number of piperazine rings is 1. The van der Waals surface area contributed by atoms with E-state index < -0.39 is 0 Å². The summed E-state index contributed by atoms with van der Waals surface area (Å²) in [6.45, 7) is 10.9. The SMILES string of the molecule is CCc1cccc(C)c1N1CC(CO)NCC1(C)C. The van der Waals surface area contributed by atoms with Gasteiger partial charge >= 0.3 is 0 Å². The van der Waals surface area contributed by atoms with E-state index in [0.29, 0.717) is 0 Å². The van der Waals surface area contributed by atoms with E-state index in [0.717, 1.165) is 19.5 Å². The van der Waals surface area contributed by atoms with Crippen LogP contribution in [-0.2, 0) is 6.42 Å². The monoisotopic (exact) mass is 262 g/mol. The Morgan fingerprint density at radius 1 is 1.42 bits per heavy atom. The van der Waals surface area contributed by atoms with E-state index in [-0.39, 0.29) is 18.2 Å².